The second kappa shape index (κ2) is 10.1. The second-order valence-electron chi connectivity index (χ2n) is 8.81. The summed E-state index contributed by atoms with van der Waals surface area (Å²) in [5, 5.41) is 5.05. The van der Waals surface area contributed by atoms with Crippen LogP contribution in [0.1, 0.15) is 53.7 Å². The van der Waals surface area contributed by atoms with Gasteiger partial charge in [-0.2, -0.15) is 0 Å². The Balaban J connectivity index is 1.40. The Morgan fingerprint density at radius 3 is 2.30 bits per heavy atom. The van der Waals surface area contributed by atoms with Crippen molar-refractivity contribution >= 4 is 22.6 Å². The molecule has 0 aromatic heterocycles. The van der Waals surface area contributed by atoms with Gasteiger partial charge in [-0.15, -0.1) is 0 Å². The van der Waals surface area contributed by atoms with Gasteiger partial charge in [0.25, 0.3) is 5.91 Å². The van der Waals surface area contributed by atoms with E-state index in [2.05, 4.69) is 43.4 Å². The number of carbonyl (C=O) groups excluding carboxylic acids is 2. The Labute approximate surface area is 195 Å². The van der Waals surface area contributed by atoms with Gasteiger partial charge in [0.15, 0.2) is 0 Å². The molecule has 0 unspecified atom stereocenters. The van der Waals surface area contributed by atoms with Crippen LogP contribution in [-0.2, 0) is 4.79 Å². The number of methoxy groups -OCH3 is 1. The van der Waals surface area contributed by atoms with Crippen LogP contribution in [0.4, 0.5) is 0 Å². The quantitative estimate of drug-likeness (QED) is 0.563. The third-order valence-corrected chi connectivity index (χ3v) is 6.69. The summed E-state index contributed by atoms with van der Waals surface area (Å²) in [4.78, 5) is 28.2. The molecule has 1 heterocycles. The lowest BCUT2D eigenvalue weighted by atomic mass is 9.93. The Bertz CT molecular complexity index is 1130. The molecular formula is C28H32N2O3. The van der Waals surface area contributed by atoms with Crippen LogP contribution in [-0.4, -0.2) is 36.9 Å². The molecule has 1 fully saturated rings. The number of nitrogens with zero attached hydrogens (tertiary/aromatic N) is 1. The van der Waals surface area contributed by atoms with Crippen LogP contribution in [0.15, 0.2) is 60.7 Å². The number of aryl methyl sites for hydroxylation is 1. The Kier molecular flexibility index (Phi) is 6.97. The maximum atomic E-state index is 13.3. The molecule has 0 saturated carbocycles. The van der Waals surface area contributed by atoms with Crippen molar-refractivity contribution in [3.63, 3.8) is 0 Å². The van der Waals surface area contributed by atoms with Crippen LogP contribution in [0.2, 0.25) is 0 Å². The van der Waals surface area contributed by atoms with E-state index in [4.69, 9.17) is 4.74 Å². The summed E-state index contributed by atoms with van der Waals surface area (Å²) < 4.78 is 5.46. The van der Waals surface area contributed by atoms with Gasteiger partial charge in [0.05, 0.1) is 13.2 Å². The molecule has 33 heavy (non-hydrogen) atoms. The van der Waals surface area contributed by atoms with Gasteiger partial charge in [-0.1, -0.05) is 61.0 Å². The van der Waals surface area contributed by atoms with Crippen molar-refractivity contribution in [1.29, 1.82) is 0 Å². The van der Waals surface area contributed by atoms with Gasteiger partial charge < -0.3 is 15.0 Å². The molecule has 3 aromatic rings. The summed E-state index contributed by atoms with van der Waals surface area (Å²) in [6.07, 6.45) is 2.20. The molecule has 1 aliphatic rings. The molecule has 0 bridgehead atoms. The van der Waals surface area contributed by atoms with Gasteiger partial charge in [0.1, 0.15) is 5.75 Å². The number of rotatable bonds is 6. The van der Waals surface area contributed by atoms with Crippen LogP contribution in [0.25, 0.3) is 10.8 Å². The number of ether oxygens (including phenoxy) is 1. The van der Waals surface area contributed by atoms with E-state index in [9.17, 15) is 9.59 Å². The van der Waals surface area contributed by atoms with Crippen molar-refractivity contribution in [3.8, 4) is 5.75 Å². The maximum absolute atomic E-state index is 13.3. The third-order valence-electron chi connectivity index (χ3n) is 6.69. The Hall–Kier alpha value is -3.34. The number of nitrogens with one attached hydrogen (secondary N) is 1. The van der Waals surface area contributed by atoms with Crippen molar-refractivity contribution in [1.82, 2.24) is 10.2 Å². The van der Waals surface area contributed by atoms with E-state index in [-0.39, 0.29) is 23.8 Å². The molecule has 1 aliphatic heterocycles. The fraction of sp³-hybridized carbons (Fsp3) is 0.357. The summed E-state index contributed by atoms with van der Waals surface area (Å²) in [5.41, 5.74) is 3.02. The fourth-order valence-electron chi connectivity index (χ4n) is 4.66. The highest BCUT2D eigenvalue weighted by atomic mass is 16.5. The van der Waals surface area contributed by atoms with Gasteiger partial charge in [-0.05, 0) is 49.3 Å². The lowest BCUT2D eigenvalue weighted by molar-refractivity contribution is -0.127. The summed E-state index contributed by atoms with van der Waals surface area (Å²) in [7, 11) is 1.64. The smallest absolute Gasteiger partial charge is 0.254 e. The highest BCUT2D eigenvalue weighted by Gasteiger charge is 2.29. The highest BCUT2D eigenvalue weighted by molar-refractivity contribution is 6.08. The fourth-order valence-corrected chi connectivity index (χ4v) is 4.66. The average molecular weight is 445 g/mol. The van der Waals surface area contributed by atoms with Crippen molar-refractivity contribution in [2.24, 2.45) is 5.92 Å². The Morgan fingerprint density at radius 2 is 1.67 bits per heavy atom. The number of likely N-dealkylation sites (tertiary alicyclic amines) is 1. The van der Waals surface area contributed by atoms with E-state index in [1.165, 1.54) is 5.56 Å². The van der Waals surface area contributed by atoms with E-state index in [0.29, 0.717) is 31.5 Å². The molecule has 5 heteroatoms. The van der Waals surface area contributed by atoms with E-state index >= 15 is 0 Å². The molecule has 172 valence electrons. The second-order valence-corrected chi connectivity index (χ2v) is 8.81. The summed E-state index contributed by atoms with van der Waals surface area (Å²) in [6.45, 7) is 5.32. The number of hydrogen-bond donors (Lipinski definition) is 1. The number of hydrogen-bond acceptors (Lipinski definition) is 3. The molecule has 1 saturated heterocycles. The van der Waals surface area contributed by atoms with Crippen molar-refractivity contribution in [2.45, 2.75) is 39.2 Å². The molecular weight excluding hydrogens is 412 g/mol. The summed E-state index contributed by atoms with van der Waals surface area (Å²) in [6, 6.07) is 19.9. The average Bonchev–Trinajstić information content (AvgIpc) is 2.86. The number of fused-ring (bicyclic) bond motifs is 1. The van der Waals surface area contributed by atoms with Gasteiger partial charge in [0, 0.05) is 30.0 Å². The predicted octanol–water partition coefficient (Wildman–Crippen LogP) is 5.28. The topological polar surface area (TPSA) is 58.6 Å². The first-order valence-corrected chi connectivity index (χ1v) is 11.7. The van der Waals surface area contributed by atoms with Crippen LogP contribution >= 0.6 is 0 Å². The largest absolute Gasteiger partial charge is 0.496 e. The third kappa shape index (κ3) is 4.87. The zero-order valence-electron chi connectivity index (χ0n) is 19.6. The number of carbonyl (C=O) groups is 2. The van der Waals surface area contributed by atoms with Gasteiger partial charge >= 0.3 is 0 Å². The Morgan fingerprint density at radius 1 is 1.00 bits per heavy atom. The molecule has 5 nitrogen and oxygen atoms in total. The zero-order valence-corrected chi connectivity index (χ0v) is 19.6. The minimum atomic E-state index is -0.0684. The minimum Gasteiger partial charge on any atom is -0.496 e. The van der Waals surface area contributed by atoms with Gasteiger partial charge in [-0.3, -0.25) is 9.59 Å². The molecule has 0 spiro atoms. The molecule has 1 atom stereocenters. The van der Waals surface area contributed by atoms with E-state index in [1.54, 1.807) is 7.11 Å². The molecule has 0 aliphatic carbocycles. The van der Waals surface area contributed by atoms with Crippen molar-refractivity contribution < 1.29 is 14.3 Å². The molecule has 4 rings (SSSR count). The normalized spacial score (nSPS) is 15.3. The summed E-state index contributed by atoms with van der Waals surface area (Å²) in [5.74, 6) is 0.793. The zero-order chi connectivity index (χ0) is 23.4. The minimum absolute atomic E-state index is 0.0128. The first-order chi connectivity index (χ1) is 16.0. The predicted molar refractivity (Wildman–Crippen MR) is 131 cm³/mol. The standard InChI is InChI=1S/C28H32N2O3/c1-4-25(20-11-9-19(2)10-12-20)29-27(31)21-15-17-30(18-16-21)28(32)24-13-14-26(33-3)23-8-6-5-7-22(23)24/h5-14,21,25H,4,15-18H2,1-3H3,(H,29,31)/t25-/m0/s1. The van der Waals surface area contributed by atoms with E-state index < -0.39 is 0 Å². The van der Waals surface area contributed by atoms with Crippen LogP contribution < -0.4 is 10.1 Å². The van der Waals surface area contributed by atoms with E-state index in [1.807, 2.05) is 41.3 Å². The lowest BCUT2D eigenvalue weighted by Gasteiger charge is -2.32. The molecule has 1 N–H and O–H groups in total. The van der Waals surface area contributed by atoms with Crippen LogP contribution in [0.3, 0.4) is 0 Å². The van der Waals surface area contributed by atoms with Crippen LogP contribution in [0.5, 0.6) is 5.75 Å². The molecule has 3 aromatic carbocycles. The molecule has 2 amide bonds. The monoisotopic (exact) mass is 444 g/mol. The number of benzene rings is 3. The number of piperidine rings is 1. The first-order valence-electron chi connectivity index (χ1n) is 11.7. The summed E-state index contributed by atoms with van der Waals surface area (Å²) >= 11 is 0. The van der Waals surface area contributed by atoms with E-state index in [0.717, 1.165) is 28.5 Å². The highest BCUT2D eigenvalue weighted by Crippen LogP contribution is 2.30. The van der Waals surface area contributed by atoms with Gasteiger partial charge in [0.2, 0.25) is 5.91 Å². The lowest BCUT2D eigenvalue weighted by Crippen LogP contribution is -2.43. The maximum Gasteiger partial charge on any atom is 0.254 e. The number of amides is 2. The SMILES string of the molecule is CC[C@H](NC(=O)C1CCN(C(=O)c2ccc(OC)c3ccccc23)CC1)c1ccc(C)cc1. The van der Waals surface area contributed by atoms with Crippen molar-refractivity contribution in [2.75, 3.05) is 20.2 Å². The van der Waals surface area contributed by atoms with Gasteiger partial charge in [-0.25, -0.2) is 0 Å². The molecule has 0 radical (unpaired) electrons. The van der Waals surface area contributed by atoms with Crippen LogP contribution in [0, 0.1) is 12.8 Å². The van der Waals surface area contributed by atoms with Crippen molar-refractivity contribution in [3.05, 3.63) is 77.4 Å². The first kappa shape index (κ1) is 22.8.